The Kier molecular flexibility index (Phi) is 3.36. The summed E-state index contributed by atoms with van der Waals surface area (Å²) >= 11 is 0. The van der Waals surface area contributed by atoms with Gasteiger partial charge in [-0.1, -0.05) is 5.11 Å². The van der Waals surface area contributed by atoms with E-state index >= 15 is 0 Å². The van der Waals surface area contributed by atoms with Crippen LogP contribution in [0.5, 0.6) is 0 Å². The van der Waals surface area contributed by atoms with E-state index in [1.54, 1.807) is 0 Å². The maximum Gasteiger partial charge on any atom is 0.228 e. The SMILES string of the molecule is N#Cc1cncnc1N1CC(CN=[N+]=[N-])CC1=O. The standard InChI is InChI=1S/C10H9N7O/c11-2-8-4-13-6-14-10(8)17-5-7(1-9(17)18)3-15-16-12/h4,6-7H,1,3,5H2. The van der Waals surface area contributed by atoms with Crippen LogP contribution in [0.15, 0.2) is 17.6 Å². The molecule has 1 amide bonds. The molecule has 1 unspecified atom stereocenters. The summed E-state index contributed by atoms with van der Waals surface area (Å²) in [7, 11) is 0. The molecular weight excluding hydrogens is 234 g/mol. The molecule has 1 aliphatic heterocycles. The predicted octanol–water partition coefficient (Wildman–Crippen LogP) is 1.01. The van der Waals surface area contributed by atoms with Crippen LogP contribution in [0.3, 0.4) is 0 Å². The number of hydrogen-bond donors (Lipinski definition) is 0. The second kappa shape index (κ2) is 5.12. The molecule has 18 heavy (non-hydrogen) atoms. The van der Waals surface area contributed by atoms with E-state index in [0.717, 1.165) is 0 Å². The molecule has 0 radical (unpaired) electrons. The third kappa shape index (κ3) is 2.21. The van der Waals surface area contributed by atoms with Gasteiger partial charge in [-0.15, -0.1) is 0 Å². The molecule has 8 heteroatoms. The minimum atomic E-state index is -0.122. The van der Waals surface area contributed by atoms with Gasteiger partial charge in [0.15, 0.2) is 5.82 Å². The quantitative estimate of drug-likeness (QED) is 0.447. The molecule has 1 aromatic heterocycles. The van der Waals surface area contributed by atoms with Crippen LogP contribution in [0.4, 0.5) is 5.82 Å². The van der Waals surface area contributed by atoms with E-state index < -0.39 is 0 Å². The number of nitriles is 1. The smallest absolute Gasteiger partial charge is 0.228 e. The molecule has 2 rings (SSSR count). The van der Waals surface area contributed by atoms with Crippen molar-refractivity contribution in [2.45, 2.75) is 6.42 Å². The number of anilines is 1. The highest BCUT2D eigenvalue weighted by molar-refractivity contribution is 5.95. The lowest BCUT2D eigenvalue weighted by Crippen LogP contribution is -2.26. The maximum absolute atomic E-state index is 11.8. The lowest BCUT2D eigenvalue weighted by Gasteiger charge is -2.15. The molecule has 2 heterocycles. The van der Waals surface area contributed by atoms with E-state index in [1.165, 1.54) is 17.4 Å². The second-order valence-electron chi connectivity index (χ2n) is 3.86. The van der Waals surface area contributed by atoms with E-state index in [4.69, 9.17) is 10.8 Å². The van der Waals surface area contributed by atoms with Crippen LogP contribution in [-0.2, 0) is 4.79 Å². The Balaban J connectivity index is 2.22. The summed E-state index contributed by atoms with van der Waals surface area (Å²) in [5, 5.41) is 12.4. The first-order chi connectivity index (χ1) is 8.76. The van der Waals surface area contributed by atoms with Crippen LogP contribution >= 0.6 is 0 Å². The summed E-state index contributed by atoms with van der Waals surface area (Å²) in [6.07, 6.45) is 2.97. The van der Waals surface area contributed by atoms with Crippen LogP contribution in [0, 0.1) is 17.2 Å². The maximum atomic E-state index is 11.8. The van der Waals surface area contributed by atoms with Crippen molar-refractivity contribution in [1.29, 1.82) is 5.26 Å². The van der Waals surface area contributed by atoms with Gasteiger partial charge in [0.05, 0.1) is 6.20 Å². The van der Waals surface area contributed by atoms with Crippen molar-refractivity contribution in [3.05, 3.63) is 28.5 Å². The number of amides is 1. The molecule has 1 aromatic rings. The minimum absolute atomic E-state index is 0.0325. The van der Waals surface area contributed by atoms with Gasteiger partial charge in [0.25, 0.3) is 0 Å². The first-order valence-electron chi connectivity index (χ1n) is 5.27. The molecule has 0 aliphatic carbocycles. The third-order valence-electron chi connectivity index (χ3n) is 2.68. The molecule has 1 aliphatic rings. The molecule has 0 spiro atoms. The van der Waals surface area contributed by atoms with Gasteiger partial charge in [0.1, 0.15) is 18.0 Å². The average Bonchev–Trinajstić information content (AvgIpc) is 2.77. The molecule has 1 saturated heterocycles. The third-order valence-corrected chi connectivity index (χ3v) is 2.68. The highest BCUT2D eigenvalue weighted by Crippen LogP contribution is 2.25. The average molecular weight is 243 g/mol. The Bertz CT molecular complexity index is 558. The molecule has 1 atom stereocenters. The van der Waals surface area contributed by atoms with Crippen LogP contribution < -0.4 is 4.90 Å². The molecule has 0 bridgehead atoms. The molecule has 90 valence electrons. The zero-order valence-corrected chi connectivity index (χ0v) is 9.39. The van der Waals surface area contributed by atoms with Crippen molar-refractivity contribution in [2.24, 2.45) is 11.0 Å². The Morgan fingerprint density at radius 3 is 3.28 bits per heavy atom. The molecule has 8 nitrogen and oxygen atoms in total. The Labute approximate surface area is 103 Å². The molecule has 0 aromatic carbocycles. The van der Waals surface area contributed by atoms with Crippen molar-refractivity contribution in [1.82, 2.24) is 9.97 Å². The van der Waals surface area contributed by atoms with E-state index in [1.807, 2.05) is 6.07 Å². The zero-order chi connectivity index (χ0) is 13.0. The minimum Gasteiger partial charge on any atom is -0.295 e. The number of hydrogen-bond acceptors (Lipinski definition) is 5. The van der Waals surface area contributed by atoms with Gasteiger partial charge in [-0.3, -0.25) is 9.69 Å². The van der Waals surface area contributed by atoms with Crippen LogP contribution in [0.2, 0.25) is 0 Å². The van der Waals surface area contributed by atoms with Crippen molar-refractivity contribution < 1.29 is 4.79 Å². The summed E-state index contributed by atoms with van der Waals surface area (Å²) < 4.78 is 0. The lowest BCUT2D eigenvalue weighted by atomic mass is 10.1. The van der Waals surface area contributed by atoms with Gasteiger partial charge in [0.2, 0.25) is 5.91 Å². The van der Waals surface area contributed by atoms with Gasteiger partial charge < -0.3 is 0 Å². The number of carbonyl (C=O) groups excluding carboxylic acids is 1. The zero-order valence-electron chi connectivity index (χ0n) is 9.39. The van der Waals surface area contributed by atoms with Crippen LogP contribution in [0.25, 0.3) is 10.4 Å². The topological polar surface area (TPSA) is 119 Å². The number of rotatable bonds is 3. The van der Waals surface area contributed by atoms with Gasteiger partial charge in [-0.05, 0) is 11.4 Å². The number of aromatic nitrogens is 2. The van der Waals surface area contributed by atoms with Gasteiger partial charge in [-0.25, -0.2) is 9.97 Å². The summed E-state index contributed by atoms with van der Waals surface area (Å²) in [6, 6.07) is 1.95. The van der Waals surface area contributed by atoms with E-state index in [9.17, 15) is 4.79 Å². The highest BCUT2D eigenvalue weighted by Gasteiger charge is 2.32. The fourth-order valence-corrected chi connectivity index (χ4v) is 1.88. The van der Waals surface area contributed by atoms with Crippen molar-refractivity contribution in [3.63, 3.8) is 0 Å². The van der Waals surface area contributed by atoms with Crippen molar-refractivity contribution >= 4 is 11.7 Å². The first-order valence-corrected chi connectivity index (χ1v) is 5.27. The highest BCUT2D eigenvalue weighted by atomic mass is 16.2. The van der Waals surface area contributed by atoms with E-state index in [0.29, 0.717) is 18.8 Å². The Morgan fingerprint density at radius 1 is 1.72 bits per heavy atom. The Morgan fingerprint density at radius 2 is 2.56 bits per heavy atom. The number of azide groups is 1. The lowest BCUT2D eigenvalue weighted by molar-refractivity contribution is -0.117. The van der Waals surface area contributed by atoms with E-state index in [-0.39, 0.29) is 23.9 Å². The summed E-state index contributed by atoms with van der Waals surface area (Å²) in [6.45, 7) is 0.676. The monoisotopic (exact) mass is 243 g/mol. The van der Waals surface area contributed by atoms with Crippen LogP contribution in [-0.4, -0.2) is 29.0 Å². The van der Waals surface area contributed by atoms with Gasteiger partial charge >= 0.3 is 0 Å². The fourth-order valence-electron chi connectivity index (χ4n) is 1.88. The second-order valence-corrected chi connectivity index (χ2v) is 3.86. The summed E-state index contributed by atoms with van der Waals surface area (Å²) in [5.74, 6) is 0.166. The molecule has 0 saturated carbocycles. The first kappa shape index (κ1) is 11.8. The predicted molar refractivity (Wildman–Crippen MR) is 61.2 cm³/mol. The molecule has 0 N–H and O–H groups in total. The summed E-state index contributed by atoms with van der Waals surface area (Å²) in [4.78, 5) is 23.7. The summed E-state index contributed by atoms with van der Waals surface area (Å²) in [5.41, 5.74) is 8.51. The Hall–Kier alpha value is -2.65. The number of nitrogens with zero attached hydrogens (tertiary/aromatic N) is 7. The van der Waals surface area contributed by atoms with Crippen LogP contribution in [0.1, 0.15) is 12.0 Å². The molecule has 1 fully saturated rings. The van der Waals surface area contributed by atoms with E-state index in [2.05, 4.69) is 20.0 Å². The van der Waals surface area contributed by atoms with Gasteiger partial charge in [0, 0.05) is 24.4 Å². The van der Waals surface area contributed by atoms with Crippen molar-refractivity contribution in [3.8, 4) is 6.07 Å². The number of carbonyl (C=O) groups is 1. The van der Waals surface area contributed by atoms with Gasteiger partial charge in [-0.2, -0.15) is 5.26 Å². The molecular formula is C10H9N7O. The van der Waals surface area contributed by atoms with Crippen molar-refractivity contribution in [2.75, 3.05) is 18.0 Å². The largest absolute Gasteiger partial charge is 0.295 e. The fraction of sp³-hybridized carbons (Fsp3) is 0.400. The normalized spacial score (nSPS) is 18.3.